The fourth-order valence-electron chi connectivity index (χ4n) is 1.61. The van der Waals surface area contributed by atoms with Crippen LogP contribution in [0, 0.1) is 0 Å². The molecule has 0 radical (unpaired) electrons. The van der Waals surface area contributed by atoms with E-state index < -0.39 is 0 Å². The van der Waals surface area contributed by atoms with Gasteiger partial charge in [-0.05, 0) is 13.0 Å². The van der Waals surface area contributed by atoms with Crippen molar-refractivity contribution in [2.45, 2.75) is 19.4 Å². The van der Waals surface area contributed by atoms with Gasteiger partial charge in [0.15, 0.2) is 11.5 Å². The molecule has 0 fully saturated rings. The monoisotopic (exact) mass is 194 g/mol. The number of hydrogen-bond donors (Lipinski definition) is 1. The zero-order valence-electron chi connectivity index (χ0n) is 8.19. The minimum atomic E-state index is -0.355. The molecule has 0 saturated heterocycles. The first kappa shape index (κ1) is 9.34. The summed E-state index contributed by atoms with van der Waals surface area (Å²) in [6.45, 7) is 2.96. The topological polar surface area (TPSA) is 38.7 Å². The van der Waals surface area contributed by atoms with Crippen LogP contribution in [-0.4, -0.2) is 24.4 Å². The Balaban J connectivity index is 2.30. The average Bonchev–Trinajstić information content (AvgIpc) is 2.18. The molecular formula is C11H14O3. The maximum absolute atomic E-state index is 9.31. The highest BCUT2D eigenvalue weighted by atomic mass is 16.6. The van der Waals surface area contributed by atoms with Gasteiger partial charge in [-0.3, -0.25) is 0 Å². The number of aliphatic hydroxyl groups excluding tert-OH is 1. The molecule has 1 aliphatic heterocycles. The van der Waals surface area contributed by atoms with E-state index in [-0.39, 0.29) is 6.10 Å². The quantitative estimate of drug-likeness (QED) is 0.773. The van der Waals surface area contributed by atoms with Crippen molar-refractivity contribution in [3.8, 4) is 11.5 Å². The Morgan fingerprint density at radius 2 is 2.14 bits per heavy atom. The minimum absolute atomic E-state index is 0.355. The Bertz CT molecular complexity index is 320. The van der Waals surface area contributed by atoms with E-state index in [2.05, 4.69) is 0 Å². The predicted octanol–water partition coefficient (Wildman–Crippen LogP) is 1.38. The number of aliphatic hydroxyl groups is 1. The number of hydrogen-bond acceptors (Lipinski definition) is 3. The van der Waals surface area contributed by atoms with Gasteiger partial charge in [0.25, 0.3) is 0 Å². The van der Waals surface area contributed by atoms with Crippen molar-refractivity contribution < 1.29 is 14.6 Å². The van der Waals surface area contributed by atoms with Gasteiger partial charge in [-0.1, -0.05) is 12.1 Å². The lowest BCUT2D eigenvalue weighted by Crippen LogP contribution is -2.17. The second-order valence-electron chi connectivity index (χ2n) is 3.49. The molecule has 3 nitrogen and oxygen atoms in total. The summed E-state index contributed by atoms with van der Waals surface area (Å²) >= 11 is 0. The van der Waals surface area contributed by atoms with Crippen LogP contribution < -0.4 is 9.47 Å². The molecule has 76 valence electrons. The minimum Gasteiger partial charge on any atom is -0.486 e. The van der Waals surface area contributed by atoms with Crippen molar-refractivity contribution in [2.24, 2.45) is 0 Å². The highest BCUT2D eigenvalue weighted by molar-refractivity contribution is 5.47. The Morgan fingerprint density at radius 3 is 2.93 bits per heavy atom. The molecule has 1 heterocycles. The summed E-state index contributed by atoms with van der Waals surface area (Å²) in [5, 5.41) is 9.31. The molecule has 0 spiro atoms. The van der Waals surface area contributed by atoms with Gasteiger partial charge >= 0.3 is 0 Å². The van der Waals surface area contributed by atoms with Crippen LogP contribution in [0.5, 0.6) is 11.5 Å². The molecule has 0 unspecified atom stereocenters. The number of benzene rings is 1. The molecule has 1 N–H and O–H groups in total. The maximum atomic E-state index is 9.31. The fourth-order valence-corrected chi connectivity index (χ4v) is 1.61. The van der Waals surface area contributed by atoms with Crippen LogP contribution in [0.15, 0.2) is 18.2 Å². The van der Waals surface area contributed by atoms with Gasteiger partial charge in [0.1, 0.15) is 13.2 Å². The molecule has 1 aromatic rings. The molecule has 1 aliphatic rings. The largest absolute Gasteiger partial charge is 0.486 e. The van der Waals surface area contributed by atoms with Crippen LogP contribution in [0.2, 0.25) is 0 Å². The number of para-hydroxylation sites is 1. The van der Waals surface area contributed by atoms with E-state index in [1.165, 1.54) is 0 Å². The van der Waals surface area contributed by atoms with Crippen LogP contribution in [0.1, 0.15) is 12.5 Å². The van der Waals surface area contributed by atoms with E-state index >= 15 is 0 Å². The fraction of sp³-hybridized carbons (Fsp3) is 0.455. The Kier molecular flexibility index (Phi) is 2.59. The molecule has 1 aromatic carbocycles. The number of ether oxygens (including phenoxy) is 2. The van der Waals surface area contributed by atoms with E-state index in [9.17, 15) is 5.11 Å². The Labute approximate surface area is 83.3 Å². The third kappa shape index (κ3) is 1.82. The first-order valence-corrected chi connectivity index (χ1v) is 4.83. The summed E-state index contributed by atoms with van der Waals surface area (Å²) in [7, 11) is 0. The predicted molar refractivity (Wildman–Crippen MR) is 52.8 cm³/mol. The van der Waals surface area contributed by atoms with E-state index in [0.717, 1.165) is 17.1 Å². The van der Waals surface area contributed by atoms with Crippen LogP contribution in [-0.2, 0) is 6.42 Å². The Morgan fingerprint density at radius 1 is 1.36 bits per heavy atom. The molecule has 0 aromatic heterocycles. The van der Waals surface area contributed by atoms with Gasteiger partial charge in [-0.15, -0.1) is 0 Å². The molecule has 1 atom stereocenters. The second-order valence-corrected chi connectivity index (χ2v) is 3.49. The van der Waals surface area contributed by atoms with Crippen LogP contribution in [0.25, 0.3) is 0 Å². The molecule has 14 heavy (non-hydrogen) atoms. The molecule has 3 heteroatoms. The second kappa shape index (κ2) is 3.88. The Hall–Kier alpha value is -1.22. The lowest BCUT2D eigenvalue weighted by atomic mass is 10.1. The first-order chi connectivity index (χ1) is 6.77. The molecule has 0 bridgehead atoms. The molecule has 0 saturated carbocycles. The summed E-state index contributed by atoms with van der Waals surface area (Å²) in [5.74, 6) is 1.58. The molecule has 0 amide bonds. The van der Waals surface area contributed by atoms with Crippen LogP contribution >= 0.6 is 0 Å². The van der Waals surface area contributed by atoms with Gasteiger partial charge in [0.05, 0.1) is 6.10 Å². The summed E-state index contributed by atoms with van der Waals surface area (Å²) in [6, 6.07) is 5.77. The smallest absolute Gasteiger partial charge is 0.164 e. The normalized spacial score (nSPS) is 16.4. The van der Waals surface area contributed by atoms with Crippen LogP contribution in [0.4, 0.5) is 0 Å². The van der Waals surface area contributed by atoms with Crippen molar-refractivity contribution >= 4 is 0 Å². The van der Waals surface area contributed by atoms with Crippen molar-refractivity contribution in [1.29, 1.82) is 0 Å². The first-order valence-electron chi connectivity index (χ1n) is 4.83. The third-order valence-corrected chi connectivity index (χ3v) is 2.16. The molecular weight excluding hydrogens is 180 g/mol. The van der Waals surface area contributed by atoms with Gasteiger partial charge < -0.3 is 14.6 Å². The van der Waals surface area contributed by atoms with Gasteiger partial charge in [-0.25, -0.2) is 0 Å². The SMILES string of the molecule is C[C@@H](O)Cc1cccc2c1OCCO2. The summed E-state index contributed by atoms with van der Waals surface area (Å²) < 4.78 is 11.0. The van der Waals surface area contributed by atoms with E-state index in [0.29, 0.717) is 19.6 Å². The van der Waals surface area contributed by atoms with Crippen molar-refractivity contribution in [1.82, 2.24) is 0 Å². The molecule has 2 rings (SSSR count). The highest BCUT2D eigenvalue weighted by Crippen LogP contribution is 2.34. The van der Waals surface area contributed by atoms with Crippen molar-refractivity contribution in [3.63, 3.8) is 0 Å². The standard InChI is InChI=1S/C11H14O3/c1-8(12)7-9-3-2-4-10-11(9)14-6-5-13-10/h2-4,8,12H,5-7H2,1H3/t8-/m1/s1. The number of fused-ring (bicyclic) bond motifs is 1. The maximum Gasteiger partial charge on any atom is 0.164 e. The number of rotatable bonds is 2. The van der Waals surface area contributed by atoms with Crippen molar-refractivity contribution in [2.75, 3.05) is 13.2 Å². The third-order valence-electron chi connectivity index (χ3n) is 2.16. The van der Waals surface area contributed by atoms with Gasteiger partial charge in [0.2, 0.25) is 0 Å². The highest BCUT2D eigenvalue weighted by Gasteiger charge is 2.15. The summed E-state index contributed by atoms with van der Waals surface area (Å²) in [4.78, 5) is 0. The zero-order valence-corrected chi connectivity index (χ0v) is 8.19. The summed E-state index contributed by atoms with van der Waals surface area (Å²) in [6.07, 6.45) is 0.249. The van der Waals surface area contributed by atoms with Crippen molar-refractivity contribution in [3.05, 3.63) is 23.8 Å². The van der Waals surface area contributed by atoms with Crippen LogP contribution in [0.3, 0.4) is 0 Å². The van der Waals surface area contributed by atoms with E-state index in [1.807, 2.05) is 18.2 Å². The lowest BCUT2D eigenvalue weighted by Gasteiger charge is -2.21. The van der Waals surface area contributed by atoms with Gasteiger partial charge in [-0.2, -0.15) is 0 Å². The van der Waals surface area contributed by atoms with E-state index in [1.54, 1.807) is 6.92 Å². The summed E-state index contributed by atoms with van der Waals surface area (Å²) in [5.41, 5.74) is 1.01. The lowest BCUT2D eigenvalue weighted by molar-refractivity contribution is 0.164. The zero-order chi connectivity index (χ0) is 9.97. The average molecular weight is 194 g/mol. The molecule has 0 aliphatic carbocycles. The van der Waals surface area contributed by atoms with E-state index in [4.69, 9.17) is 9.47 Å². The van der Waals surface area contributed by atoms with Gasteiger partial charge in [0, 0.05) is 12.0 Å².